The Hall–Kier alpha value is -2.24. The molecule has 126 valence electrons. The van der Waals surface area contributed by atoms with Gasteiger partial charge >= 0.3 is 5.97 Å². The van der Waals surface area contributed by atoms with E-state index >= 15 is 0 Å². The highest BCUT2D eigenvalue weighted by molar-refractivity contribution is 6.39. The number of halogens is 2. The highest BCUT2D eigenvalue weighted by Gasteiger charge is 2.22. The number of aryl methyl sites for hydroxylation is 1. The fourth-order valence-electron chi connectivity index (χ4n) is 1.93. The summed E-state index contributed by atoms with van der Waals surface area (Å²) in [6, 6.07) is 9.32. The van der Waals surface area contributed by atoms with Crippen LogP contribution < -0.4 is 5.32 Å². The second-order valence-corrected chi connectivity index (χ2v) is 5.97. The molecule has 24 heavy (non-hydrogen) atoms. The first-order valence-electron chi connectivity index (χ1n) is 7.05. The maximum atomic E-state index is 12.2. The normalized spacial score (nSPS) is 11.7. The number of carbonyl (C=O) groups is 2. The molecule has 1 amide bonds. The lowest BCUT2D eigenvalue weighted by Crippen LogP contribution is -2.30. The van der Waals surface area contributed by atoms with Crippen LogP contribution in [0.25, 0.3) is 0 Å². The van der Waals surface area contributed by atoms with Gasteiger partial charge in [-0.25, -0.2) is 4.79 Å². The van der Waals surface area contributed by atoms with E-state index in [0.717, 1.165) is 5.56 Å². The van der Waals surface area contributed by atoms with Crippen molar-refractivity contribution in [2.45, 2.75) is 20.0 Å². The summed E-state index contributed by atoms with van der Waals surface area (Å²) < 4.78 is 5.07. The van der Waals surface area contributed by atoms with Gasteiger partial charge in [-0.05, 0) is 43.7 Å². The zero-order valence-electron chi connectivity index (χ0n) is 13.0. The zero-order valence-corrected chi connectivity index (χ0v) is 14.5. The van der Waals surface area contributed by atoms with Crippen LogP contribution in [-0.4, -0.2) is 23.1 Å². The molecule has 2 rings (SSSR count). The van der Waals surface area contributed by atoms with Crippen molar-refractivity contribution < 1.29 is 19.4 Å². The van der Waals surface area contributed by atoms with Gasteiger partial charge in [0.15, 0.2) is 6.10 Å². The number of carbonyl (C=O) groups excluding carboxylic acids is 2. The second-order valence-electron chi connectivity index (χ2n) is 5.15. The Bertz CT molecular complexity index is 772. The van der Waals surface area contributed by atoms with Crippen molar-refractivity contribution in [3.8, 4) is 5.75 Å². The van der Waals surface area contributed by atoms with E-state index in [1.807, 2.05) is 0 Å². The molecule has 0 spiro atoms. The molecule has 0 saturated carbocycles. The minimum absolute atomic E-state index is 0.0176. The molecule has 0 aliphatic carbocycles. The number of para-hydroxylation sites is 1. The summed E-state index contributed by atoms with van der Waals surface area (Å²) in [7, 11) is 0. The molecule has 0 saturated heterocycles. The first-order chi connectivity index (χ1) is 11.3. The lowest BCUT2D eigenvalue weighted by molar-refractivity contribution is -0.123. The van der Waals surface area contributed by atoms with Crippen LogP contribution in [0.5, 0.6) is 5.75 Å². The first kappa shape index (κ1) is 18.1. The minimum Gasteiger partial charge on any atom is -0.507 e. The minimum atomic E-state index is -1.11. The molecule has 1 atom stereocenters. The van der Waals surface area contributed by atoms with E-state index in [1.165, 1.54) is 19.1 Å². The number of ether oxygens (including phenoxy) is 1. The topological polar surface area (TPSA) is 75.6 Å². The zero-order chi connectivity index (χ0) is 17.9. The number of aromatic hydroxyl groups is 1. The predicted octanol–water partition coefficient (Wildman–Crippen LogP) is 4.19. The van der Waals surface area contributed by atoms with Crippen LogP contribution in [0.1, 0.15) is 22.8 Å². The van der Waals surface area contributed by atoms with Crippen molar-refractivity contribution in [1.29, 1.82) is 0 Å². The first-order valence-corrected chi connectivity index (χ1v) is 7.80. The van der Waals surface area contributed by atoms with Crippen molar-refractivity contribution >= 4 is 40.8 Å². The summed E-state index contributed by atoms with van der Waals surface area (Å²) in [6.45, 7) is 3.18. The Labute approximate surface area is 149 Å². The lowest BCUT2D eigenvalue weighted by Gasteiger charge is -2.15. The molecule has 0 unspecified atom stereocenters. The summed E-state index contributed by atoms with van der Waals surface area (Å²) in [6.07, 6.45) is -1.11. The number of nitrogens with one attached hydrogen (secondary N) is 1. The Morgan fingerprint density at radius 3 is 2.38 bits per heavy atom. The van der Waals surface area contributed by atoms with Gasteiger partial charge in [-0.15, -0.1) is 0 Å². The Morgan fingerprint density at radius 2 is 1.79 bits per heavy atom. The monoisotopic (exact) mass is 367 g/mol. The molecular formula is C17H15Cl2NO4. The molecule has 2 aromatic carbocycles. The third kappa shape index (κ3) is 4.19. The van der Waals surface area contributed by atoms with Crippen molar-refractivity contribution in [3.63, 3.8) is 0 Å². The van der Waals surface area contributed by atoms with E-state index in [1.54, 1.807) is 31.2 Å². The average molecular weight is 368 g/mol. The van der Waals surface area contributed by atoms with E-state index in [4.69, 9.17) is 27.9 Å². The number of benzene rings is 2. The molecule has 0 aromatic heterocycles. The van der Waals surface area contributed by atoms with Crippen LogP contribution in [0.15, 0.2) is 36.4 Å². The number of rotatable bonds is 4. The quantitative estimate of drug-likeness (QED) is 0.794. The van der Waals surface area contributed by atoms with Gasteiger partial charge in [-0.2, -0.15) is 0 Å². The van der Waals surface area contributed by atoms with Gasteiger partial charge in [0.25, 0.3) is 5.91 Å². The van der Waals surface area contributed by atoms with Gasteiger partial charge in [0.2, 0.25) is 0 Å². The van der Waals surface area contributed by atoms with Gasteiger partial charge < -0.3 is 15.2 Å². The van der Waals surface area contributed by atoms with Crippen LogP contribution in [0, 0.1) is 6.92 Å². The molecule has 0 heterocycles. The molecule has 0 fully saturated rings. The average Bonchev–Trinajstić information content (AvgIpc) is 2.50. The van der Waals surface area contributed by atoms with E-state index in [0.29, 0.717) is 0 Å². The third-order valence-corrected chi connectivity index (χ3v) is 3.87. The second kappa shape index (κ2) is 7.55. The maximum Gasteiger partial charge on any atom is 0.342 e. The number of anilines is 1. The molecule has 0 aliphatic heterocycles. The summed E-state index contributed by atoms with van der Waals surface area (Å²) in [5, 5.41) is 12.8. The van der Waals surface area contributed by atoms with Crippen molar-refractivity contribution in [3.05, 3.63) is 57.6 Å². The summed E-state index contributed by atoms with van der Waals surface area (Å²) in [5.74, 6) is -1.60. The van der Waals surface area contributed by atoms with Gasteiger partial charge in [0.05, 0.1) is 15.7 Å². The van der Waals surface area contributed by atoms with Crippen molar-refractivity contribution in [2.75, 3.05) is 5.32 Å². The Kier molecular flexibility index (Phi) is 5.70. The van der Waals surface area contributed by atoms with Crippen molar-refractivity contribution in [2.24, 2.45) is 0 Å². The van der Waals surface area contributed by atoms with E-state index in [9.17, 15) is 14.7 Å². The molecule has 2 N–H and O–H groups in total. The van der Waals surface area contributed by atoms with Gasteiger partial charge in [0, 0.05) is 0 Å². The molecule has 7 heteroatoms. The summed E-state index contributed by atoms with van der Waals surface area (Å²) >= 11 is 12.0. The standard InChI is InChI=1S/C17H15Cl2NO4/c1-9-6-7-11(14(21)8-9)17(23)24-10(2)16(22)20-15-12(18)4-3-5-13(15)19/h3-8,10,21H,1-2H3,(H,20,22)/t10-/m1/s1. The molecule has 0 radical (unpaired) electrons. The van der Waals surface area contributed by atoms with Crippen LogP contribution in [0.2, 0.25) is 10.0 Å². The number of esters is 1. The highest BCUT2D eigenvalue weighted by Crippen LogP contribution is 2.30. The van der Waals surface area contributed by atoms with Gasteiger partial charge in [0.1, 0.15) is 11.3 Å². The fraction of sp³-hybridized carbons (Fsp3) is 0.176. The Morgan fingerprint density at radius 1 is 1.17 bits per heavy atom. The molecule has 5 nitrogen and oxygen atoms in total. The van der Waals surface area contributed by atoms with Gasteiger partial charge in [-0.1, -0.05) is 35.3 Å². The predicted molar refractivity (Wildman–Crippen MR) is 92.8 cm³/mol. The Balaban J connectivity index is 2.07. The number of hydrogen-bond acceptors (Lipinski definition) is 4. The van der Waals surface area contributed by atoms with Crippen LogP contribution in [-0.2, 0) is 9.53 Å². The maximum absolute atomic E-state index is 12.2. The number of hydrogen-bond donors (Lipinski definition) is 2. The molecule has 2 aromatic rings. The highest BCUT2D eigenvalue weighted by atomic mass is 35.5. The smallest absolute Gasteiger partial charge is 0.342 e. The number of phenolic OH excluding ortho intramolecular Hbond substituents is 1. The summed E-state index contributed by atoms with van der Waals surface area (Å²) in [4.78, 5) is 24.2. The van der Waals surface area contributed by atoms with E-state index in [2.05, 4.69) is 5.32 Å². The lowest BCUT2D eigenvalue weighted by atomic mass is 10.1. The fourth-order valence-corrected chi connectivity index (χ4v) is 2.43. The SMILES string of the molecule is Cc1ccc(C(=O)O[C@H](C)C(=O)Nc2c(Cl)cccc2Cl)c(O)c1. The number of amides is 1. The molecular weight excluding hydrogens is 353 g/mol. The molecule has 0 bridgehead atoms. The summed E-state index contributed by atoms with van der Waals surface area (Å²) in [5.41, 5.74) is 1.02. The number of phenols is 1. The third-order valence-electron chi connectivity index (χ3n) is 3.24. The van der Waals surface area contributed by atoms with Crippen molar-refractivity contribution in [1.82, 2.24) is 0 Å². The van der Waals surface area contributed by atoms with Crippen LogP contribution >= 0.6 is 23.2 Å². The largest absolute Gasteiger partial charge is 0.507 e. The van der Waals surface area contributed by atoms with E-state index in [-0.39, 0.29) is 27.0 Å². The molecule has 0 aliphatic rings. The van der Waals surface area contributed by atoms with E-state index < -0.39 is 18.0 Å². The van der Waals surface area contributed by atoms with Crippen LogP contribution in [0.3, 0.4) is 0 Å². The van der Waals surface area contributed by atoms with Crippen LogP contribution in [0.4, 0.5) is 5.69 Å². The van der Waals surface area contributed by atoms with Gasteiger partial charge in [-0.3, -0.25) is 4.79 Å².